The highest BCUT2D eigenvalue weighted by Gasteiger charge is 2.11. The van der Waals surface area contributed by atoms with Crippen LogP contribution in [-0.4, -0.2) is 44.4 Å². The molecule has 0 atom stereocenters. The number of rotatable bonds is 7. The molecule has 1 aromatic rings. The largest absolute Gasteiger partial charge is 0.493 e. The molecule has 0 N–H and O–H groups in total. The molecule has 3 nitrogen and oxygen atoms in total. The molecule has 20 heavy (non-hydrogen) atoms. The van der Waals surface area contributed by atoms with Crippen molar-refractivity contribution in [2.24, 2.45) is 0 Å². The lowest BCUT2D eigenvalue weighted by molar-refractivity contribution is 0.0374. The number of benzene rings is 1. The Bertz CT molecular complexity index is 405. The van der Waals surface area contributed by atoms with Crippen molar-refractivity contribution in [3.05, 3.63) is 29.6 Å². The van der Waals surface area contributed by atoms with Gasteiger partial charge in [-0.15, -0.1) is 0 Å². The predicted molar refractivity (Wildman–Crippen MR) is 77.8 cm³/mol. The average molecular weight is 281 g/mol. The van der Waals surface area contributed by atoms with E-state index in [9.17, 15) is 4.39 Å². The fraction of sp³-hybridized carbons (Fsp3) is 0.625. The molecule has 0 amide bonds. The third-order valence-corrected chi connectivity index (χ3v) is 3.51. The van der Waals surface area contributed by atoms with Crippen molar-refractivity contribution in [2.45, 2.75) is 26.2 Å². The highest BCUT2D eigenvalue weighted by molar-refractivity contribution is 5.34. The number of halogens is 1. The maximum Gasteiger partial charge on any atom is 0.123 e. The summed E-state index contributed by atoms with van der Waals surface area (Å²) >= 11 is 0. The van der Waals surface area contributed by atoms with Crippen LogP contribution in [0.1, 0.15) is 25.3 Å². The minimum atomic E-state index is -0.185. The van der Waals surface area contributed by atoms with E-state index in [4.69, 9.17) is 9.47 Å². The summed E-state index contributed by atoms with van der Waals surface area (Å²) in [6, 6.07) is 4.82. The molecule has 0 spiro atoms. The zero-order valence-electron chi connectivity index (χ0n) is 12.2. The van der Waals surface area contributed by atoms with E-state index in [0.29, 0.717) is 6.61 Å². The lowest BCUT2D eigenvalue weighted by Crippen LogP contribution is -2.36. The van der Waals surface area contributed by atoms with Crippen molar-refractivity contribution in [1.82, 2.24) is 4.90 Å². The minimum Gasteiger partial charge on any atom is -0.493 e. The van der Waals surface area contributed by atoms with Crippen molar-refractivity contribution in [2.75, 3.05) is 39.5 Å². The predicted octanol–water partition coefficient (Wildman–Crippen LogP) is 2.88. The van der Waals surface area contributed by atoms with E-state index in [-0.39, 0.29) is 5.82 Å². The molecule has 1 saturated heterocycles. The normalized spacial score (nSPS) is 16.3. The molecule has 112 valence electrons. The molecule has 1 heterocycles. The van der Waals surface area contributed by atoms with E-state index in [1.54, 1.807) is 12.1 Å². The molecule has 0 aromatic heterocycles. The minimum absolute atomic E-state index is 0.185. The first kappa shape index (κ1) is 15.3. The quantitative estimate of drug-likeness (QED) is 0.767. The van der Waals surface area contributed by atoms with Crippen molar-refractivity contribution in [3.63, 3.8) is 0 Å². The number of nitrogens with zero attached hydrogens (tertiary/aromatic N) is 1. The monoisotopic (exact) mass is 281 g/mol. The van der Waals surface area contributed by atoms with Crippen LogP contribution >= 0.6 is 0 Å². The molecule has 0 unspecified atom stereocenters. The van der Waals surface area contributed by atoms with Gasteiger partial charge in [-0.2, -0.15) is 0 Å². The number of hydrogen-bond acceptors (Lipinski definition) is 3. The van der Waals surface area contributed by atoms with Gasteiger partial charge in [0.25, 0.3) is 0 Å². The summed E-state index contributed by atoms with van der Waals surface area (Å²) in [4.78, 5) is 2.40. The Balaban J connectivity index is 1.85. The standard InChI is InChI=1S/C16H24FNO2/c1-2-10-20-16-6-5-15(17)13-14(16)4-3-7-18-8-11-19-12-9-18/h5-6,13H,2-4,7-12H2,1H3. The van der Waals surface area contributed by atoms with Crippen LogP contribution in [0.5, 0.6) is 5.75 Å². The Labute approximate surface area is 120 Å². The molecular formula is C16H24FNO2. The van der Waals surface area contributed by atoms with Gasteiger partial charge in [-0.25, -0.2) is 4.39 Å². The van der Waals surface area contributed by atoms with Gasteiger partial charge < -0.3 is 9.47 Å². The maximum atomic E-state index is 13.4. The summed E-state index contributed by atoms with van der Waals surface area (Å²) in [5.41, 5.74) is 0.978. The molecule has 0 aliphatic carbocycles. The second kappa shape index (κ2) is 8.22. The van der Waals surface area contributed by atoms with Crippen LogP contribution < -0.4 is 4.74 Å². The topological polar surface area (TPSA) is 21.7 Å². The third-order valence-electron chi connectivity index (χ3n) is 3.51. The Morgan fingerprint density at radius 1 is 1.30 bits per heavy atom. The van der Waals surface area contributed by atoms with Gasteiger partial charge in [0.05, 0.1) is 19.8 Å². The van der Waals surface area contributed by atoms with Crippen LogP contribution in [0.4, 0.5) is 4.39 Å². The van der Waals surface area contributed by atoms with Gasteiger partial charge in [0.2, 0.25) is 0 Å². The molecule has 4 heteroatoms. The van der Waals surface area contributed by atoms with Crippen LogP contribution in [0, 0.1) is 5.82 Å². The lowest BCUT2D eigenvalue weighted by atomic mass is 10.1. The Kier molecular flexibility index (Phi) is 6.27. The summed E-state index contributed by atoms with van der Waals surface area (Å²) in [6.07, 6.45) is 2.84. The highest BCUT2D eigenvalue weighted by Crippen LogP contribution is 2.21. The average Bonchev–Trinajstić information content (AvgIpc) is 2.47. The van der Waals surface area contributed by atoms with Crippen molar-refractivity contribution in [1.29, 1.82) is 0 Å². The van der Waals surface area contributed by atoms with Gasteiger partial charge in [-0.1, -0.05) is 6.92 Å². The molecule has 1 aliphatic rings. The molecule has 0 saturated carbocycles. The van der Waals surface area contributed by atoms with E-state index in [0.717, 1.165) is 63.4 Å². The molecule has 1 fully saturated rings. The number of ether oxygens (including phenoxy) is 2. The maximum absolute atomic E-state index is 13.4. The Morgan fingerprint density at radius 3 is 2.85 bits per heavy atom. The fourth-order valence-electron chi connectivity index (χ4n) is 2.41. The zero-order valence-corrected chi connectivity index (χ0v) is 12.2. The van der Waals surface area contributed by atoms with E-state index < -0.39 is 0 Å². The summed E-state index contributed by atoms with van der Waals surface area (Å²) < 4.78 is 24.4. The van der Waals surface area contributed by atoms with Crippen molar-refractivity contribution >= 4 is 0 Å². The second-order valence-corrected chi connectivity index (χ2v) is 5.16. The summed E-state index contributed by atoms with van der Waals surface area (Å²) in [7, 11) is 0. The van der Waals surface area contributed by atoms with E-state index in [1.807, 2.05) is 0 Å². The lowest BCUT2D eigenvalue weighted by Gasteiger charge is -2.26. The highest BCUT2D eigenvalue weighted by atomic mass is 19.1. The van der Waals surface area contributed by atoms with Gasteiger partial charge in [0.1, 0.15) is 11.6 Å². The summed E-state index contributed by atoms with van der Waals surface area (Å²) in [5.74, 6) is 0.644. The van der Waals surface area contributed by atoms with Crippen LogP contribution in [0.15, 0.2) is 18.2 Å². The first-order valence-electron chi connectivity index (χ1n) is 7.51. The fourth-order valence-corrected chi connectivity index (χ4v) is 2.41. The van der Waals surface area contributed by atoms with E-state index in [2.05, 4.69) is 11.8 Å². The zero-order chi connectivity index (χ0) is 14.2. The molecule has 1 aromatic carbocycles. The second-order valence-electron chi connectivity index (χ2n) is 5.16. The van der Waals surface area contributed by atoms with Crippen LogP contribution in [0.2, 0.25) is 0 Å². The Morgan fingerprint density at radius 2 is 2.10 bits per heavy atom. The van der Waals surface area contributed by atoms with Crippen molar-refractivity contribution in [3.8, 4) is 5.75 Å². The number of morpholine rings is 1. The Hall–Kier alpha value is -1.13. The van der Waals surface area contributed by atoms with Gasteiger partial charge in [0, 0.05) is 13.1 Å². The molecule has 2 rings (SSSR count). The van der Waals surface area contributed by atoms with Crippen LogP contribution in [0.25, 0.3) is 0 Å². The first-order valence-corrected chi connectivity index (χ1v) is 7.51. The summed E-state index contributed by atoms with van der Waals surface area (Å²) in [5, 5.41) is 0. The van der Waals surface area contributed by atoms with Crippen LogP contribution in [-0.2, 0) is 11.2 Å². The van der Waals surface area contributed by atoms with Gasteiger partial charge in [0.15, 0.2) is 0 Å². The van der Waals surface area contributed by atoms with E-state index >= 15 is 0 Å². The first-order chi connectivity index (χ1) is 9.79. The van der Waals surface area contributed by atoms with Gasteiger partial charge in [-0.05, 0) is 49.6 Å². The smallest absolute Gasteiger partial charge is 0.123 e. The van der Waals surface area contributed by atoms with Crippen molar-refractivity contribution < 1.29 is 13.9 Å². The van der Waals surface area contributed by atoms with Crippen LogP contribution in [0.3, 0.4) is 0 Å². The molecular weight excluding hydrogens is 257 g/mol. The summed E-state index contributed by atoms with van der Waals surface area (Å²) in [6.45, 7) is 7.44. The van der Waals surface area contributed by atoms with Gasteiger partial charge in [-0.3, -0.25) is 4.90 Å². The molecule has 1 aliphatic heterocycles. The number of hydrogen-bond donors (Lipinski definition) is 0. The number of aryl methyl sites for hydroxylation is 1. The van der Waals surface area contributed by atoms with Gasteiger partial charge >= 0.3 is 0 Å². The molecule has 0 radical (unpaired) electrons. The molecule has 0 bridgehead atoms. The SMILES string of the molecule is CCCOc1ccc(F)cc1CCCN1CCOCC1. The third kappa shape index (κ3) is 4.76. The van der Waals surface area contributed by atoms with E-state index in [1.165, 1.54) is 6.07 Å².